The van der Waals surface area contributed by atoms with E-state index >= 15 is 0 Å². The maximum absolute atomic E-state index is 5.23. The van der Waals surface area contributed by atoms with Gasteiger partial charge in [-0.3, -0.25) is 0 Å². The third-order valence-corrected chi connectivity index (χ3v) is 3.68. The van der Waals surface area contributed by atoms with Crippen LogP contribution < -0.4 is 5.32 Å². The number of hydrogen-bond donors (Lipinski definition) is 1. The van der Waals surface area contributed by atoms with Crippen LogP contribution in [0.1, 0.15) is 51.4 Å². The summed E-state index contributed by atoms with van der Waals surface area (Å²) in [5.41, 5.74) is 0.440. The maximum atomic E-state index is 5.23. The zero-order valence-corrected chi connectivity index (χ0v) is 9.35. The van der Waals surface area contributed by atoms with Gasteiger partial charge in [0.05, 0.1) is 0 Å². The molecular weight excluding hydrogens is 174 g/mol. The summed E-state index contributed by atoms with van der Waals surface area (Å²) in [6.07, 6.45) is 11.0. The summed E-state index contributed by atoms with van der Waals surface area (Å²) in [6.45, 7) is 0.916. The minimum atomic E-state index is 0.440. The van der Waals surface area contributed by atoms with Crippen LogP contribution in [0.5, 0.6) is 0 Å². The number of hydrogen-bond acceptors (Lipinski definition) is 2. The SMILES string of the molecule is COCCC1(NC2CC2)CCCCC1. The zero-order valence-electron chi connectivity index (χ0n) is 9.35. The number of nitrogens with one attached hydrogen (secondary N) is 1. The summed E-state index contributed by atoms with van der Waals surface area (Å²) in [5.74, 6) is 0. The van der Waals surface area contributed by atoms with Crippen LogP contribution in [0, 0.1) is 0 Å². The molecule has 0 aliphatic heterocycles. The van der Waals surface area contributed by atoms with Gasteiger partial charge in [-0.25, -0.2) is 0 Å². The lowest BCUT2D eigenvalue weighted by molar-refractivity contribution is 0.129. The monoisotopic (exact) mass is 197 g/mol. The molecule has 0 aromatic rings. The third kappa shape index (κ3) is 2.71. The molecule has 1 N–H and O–H groups in total. The first-order valence-electron chi connectivity index (χ1n) is 6.11. The Morgan fingerprint density at radius 1 is 1.21 bits per heavy atom. The van der Waals surface area contributed by atoms with Gasteiger partial charge >= 0.3 is 0 Å². The van der Waals surface area contributed by atoms with Crippen LogP contribution in [0.2, 0.25) is 0 Å². The fraction of sp³-hybridized carbons (Fsp3) is 1.00. The van der Waals surface area contributed by atoms with Gasteiger partial charge in [-0.05, 0) is 32.1 Å². The predicted molar refractivity (Wildman–Crippen MR) is 58.5 cm³/mol. The van der Waals surface area contributed by atoms with E-state index < -0.39 is 0 Å². The quantitative estimate of drug-likeness (QED) is 0.731. The molecule has 0 radical (unpaired) electrons. The Morgan fingerprint density at radius 3 is 2.50 bits per heavy atom. The molecule has 0 atom stereocenters. The Labute approximate surface area is 87.4 Å². The Hall–Kier alpha value is -0.0800. The Balaban J connectivity index is 1.86. The van der Waals surface area contributed by atoms with Crippen LogP contribution in [0.4, 0.5) is 0 Å². The molecule has 2 rings (SSSR count). The molecule has 0 aromatic carbocycles. The highest BCUT2D eigenvalue weighted by atomic mass is 16.5. The first-order valence-corrected chi connectivity index (χ1v) is 6.11. The molecular formula is C12H23NO. The molecule has 2 aliphatic carbocycles. The molecule has 2 heteroatoms. The second kappa shape index (κ2) is 4.63. The van der Waals surface area contributed by atoms with Gasteiger partial charge in [0.25, 0.3) is 0 Å². The van der Waals surface area contributed by atoms with Crippen LogP contribution in [0.25, 0.3) is 0 Å². The Bertz CT molecular complexity index is 171. The van der Waals surface area contributed by atoms with Crippen molar-refractivity contribution in [2.75, 3.05) is 13.7 Å². The largest absolute Gasteiger partial charge is 0.385 e. The maximum Gasteiger partial charge on any atom is 0.0479 e. The lowest BCUT2D eigenvalue weighted by Gasteiger charge is -2.38. The smallest absolute Gasteiger partial charge is 0.0479 e. The zero-order chi connectivity index (χ0) is 9.86. The molecule has 2 saturated carbocycles. The van der Waals surface area contributed by atoms with Crippen LogP contribution in [-0.2, 0) is 4.74 Å². The summed E-state index contributed by atoms with van der Waals surface area (Å²) in [5, 5.41) is 3.86. The Morgan fingerprint density at radius 2 is 1.93 bits per heavy atom. The van der Waals surface area contributed by atoms with Crippen LogP contribution in [0.15, 0.2) is 0 Å². The van der Waals surface area contributed by atoms with E-state index in [1.807, 2.05) is 7.11 Å². The van der Waals surface area contributed by atoms with Crippen LogP contribution in [0.3, 0.4) is 0 Å². The predicted octanol–water partition coefficient (Wildman–Crippen LogP) is 2.48. The highest BCUT2D eigenvalue weighted by Crippen LogP contribution is 2.34. The van der Waals surface area contributed by atoms with Gasteiger partial charge in [-0.15, -0.1) is 0 Å². The van der Waals surface area contributed by atoms with Crippen molar-refractivity contribution in [1.29, 1.82) is 0 Å². The van der Waals surface area contributed by atoms with E-state index in [2.05, 4.69) is 5.32 Å². The van der Waals surface area contributed by atoms with Gasteiger partial charge in [0.15, 0.2) is 0 Å². The minimum absolute atomic E-state index is 0.440. The third-order valence-electron chi connectivity index (χ3n) is 3.68. The average Bonchev–Trinajstić information content (AvgIpc) is 3.00. The van der Waals surface area contributed by atoms with E-state index in [1.54, 1.807) is 0 Å². The highest BCUT2D eigenvalue weighted by Gasteiger charge is 2.36. The van der Waals surface area contributed by atoms with E-state index in [0.29, 0.717) is 5.54 Å². The number of methoxy groups -OCH3 is 1. The molecule has 0 amide bonds. The van der Waals surface area contributed by atoms with Gasteiger partial charge in [0, 0.05) is 25.3 Å². The molecule has 0 aromatic heterocycles. The fourth-order valence-electron chi connectivity index (χ4n) is 2.65. The summed E-state index contributed by atoms with van der Waals surface area (Å²) >= 11 is 0. The molecule has 2 fully saturated rings. The lowest BCUT2D eigenvalue weighted by atomic mass is 9.79. The summed E-state index contributed by atoms with van der Waals surface area (Å²) < 4.78 is 5.23. The molecule has 2 nitrogen and oxygen atoms in total. The van der Waals surface area contributed by atoms with Crippen LogP contribution in [-0.4, -0.2) is 25.3 Å². The van der Waals surface area contributed by atoms with Gasteiger partial charge in [-0.2, -0.15) is 0 Å². The van der Waals surface area contributed by atoms with E-state index in [-0.39, 0.29) is 0 Å². The average molecular weight is 197 g/mol. The number of rotatable bonds is 5. The molecule has 0 heterocycles. The minimum Gasteiger partial charge on any atom is -0.385 e. The van der Waals surface area contributed by atoms with Crippen molar-refractivity contribution in [3.8, 4) is 0 Å². The molecule has 0 bridgehead atoms. The van der Waals surface area contributed by atoms with Crippen molar-refractivity contribution in [1.82, 2.24) is 5.32 Å². The van der Waals surface area contributed by atoms with Crippen molar-refractivity contribution in [2.24, 2.45) is 0 Å². The first-order chi connectivity index (χ1) is 6.85. The van der Waals surface area contributed by atoms with E-state index in [1.165, 1.54) is 51.4 Å². The molecule has 0 unspecified atom stereocenters. The van der Waals surface area contributed by atoms with E-state index in [0.717, 1.165) is 12.6 Å². The topological polar surface area (TPSA) is 21.3 Å². The van der Waals surface area contributed by atoms with Crippen molar-refractivity contribution in [3.63, 3.8) is 0 Å². The molecule has 82 valence electrons. The van der Waals surface area contributed by atoms with E-state index in [9.17, 15) is 0 Å². The van der Waals surface area contributed by atoms with Gasteiger partial charge < -0.3 is 10.1 Å². The van der Waals surface area contributed by atoms with Gasteiger partial charge in [0.1, 0.15) is 0 Å². The number of ether oxygens (including phenoxy) is 1. The molecule has 2 aliphatic rings. The second-order valence-corrected chi connectivity index (χ2v) is 5.00. The second-order valence-electron chi connectivity index (χ2n) is 5.00. The van der Waals surface area contributed by atoms with Crippen molar-refractivity contribution in [3.05, 3.63) is 0 Å². The van der Waals surface area contributed by atoms with Crippen molar-refractivity contribution >= 4 is 0 Å². The normalized spacial score (nSPS) is 26.4. The summed E-state index contributed by atoms with van der Waals surface area (Å²) in [6, 6.07) is 0.838. The molecule has 14 heavy (non-hydrogen) atoms. The van der Waals surface area contributed by atoms with Crippen molar-refractivity contribution in [2.45, 2.75) is 62.9 Å². The highest BCUT2D eigenvalue weighted by molar-refractivity contribution is 4.96. The van der Waals surface area contributed by atoms with Crippen molar-refractivity contribution < 1.29 is 4.74 Å². The first kappa shape index (κ1) is 10.4. The fourth-order valence-corrected chi connectivity index (χ4v) is 2.65. The summed E-state index contributed by atoms with van der Waals surface area (Å²) in [4.78, 5) is 0. The standard InChI is InChI=1S/C12H23NO/c1-14-10-9-12(13-11-5-6-11)7-3-2-4-8-12/h11,13H,2-10H2,1H3. The summed E-state index contributed by atoms with van der Waals surface area (Å²) in [7, 11) is 1.81. The van der Waals surface area contributed by atoms with E-state index in [4.69, 9.17) is 4.74 Å². The Kier molecular flexibility index (Phi) is 3.45. The van der Waals surface area contributed by atoms with Gasteiger partial charge in [0.2, 0.25) is 0 Å². The lowest BCUT2D eigenvalue weighted by Crippen LogP contribution is -2.48. The van der Waals surface area contributed by atoms with Gasteiger partial charge in [-0.1, -0.05) is 19.3 Å². The molecule has 0 saturated heterocycles. The van der Waals surface area contributed by atoms with Crippen LogP contribution >= 0.6 is 0 Å². The molecule has 0 spiro atoms.